The molecule has 1 aliphatic heterocycles. The van der Waals surface area contributed by atoms with Crippen LogP contribution in [-0.2, 0) is 11.2 Å². The number of hydrogen-bond donors (Lipinski definition) is 0. The molecular weight excluding hydrogens is 458 g/mol. The quantitative estimate of drug-likeness (QED) is 0.429. The summed E-state index contributed by atoms with van der Waals surface area (Å²) in [4.78, 5) is 17.1. The van der Waals surface area contributed by atoms with Gasteiger partial charge in [0.25, 0.3) is 0 Å². The summed E-state index contributed by atoms with van der Waals surface area (Å²) in [5.74, 6) is 1.31. The lowest BCUT2D eigenvalue weighted by Gasteiger charge is -2.34. The number of aryl methyl sites for hydroxylation is 1. The van der Waals surface area contributed by atoms with E-state index >= 15 is 0 Å². The molecule has 174 valence electrons. The smallest absolute Gasteiger partial charge is 0.233 e. The van der Waals surface area contributed by atoms with Crippen molar-refractivity contribution in [1.29, 1.82) is 0 Å². The van der Waals surface area contributed by atoms with Gasteiger partial charge in [-0.2, -0.15) is 0 Å². The summed E-state index contributed by atoms with van der Waals surface area (Å²) in [6, 6.07) is 15.6. The zero-order valence-corrected chi connectivity index (χ0v) is 20.3. The zero-order chi connectivity index (χ0) is 23.0. The molecule has 3 aromatic rings. The topological polar surface area (TPSA) is 63.5 Å². The van der Waals surface area contributed by atoms with Crippen LogP contribution >= 0.6 is 23.4 Å². The van der Waals surface area contributed by atoms with E-state index in [1.807, 2.05) is 45.9 Å². The van der Waals surface area contributed by atoms with Gasteiger partial charge >= 0.3 is 0 Å². The van der Waals surface area contributed by atoms with E-state index in [0.29, 0.717) is 17.4 Å². The van der Waals surface area contributed by atoms with Gasteiger partial charge in [-0.25, -0.2) is 0 Å². The molecule has 9 heteroatoms. The van der Waals surface area contributed by atoms with Crippen molar-refractivity contribution in [2.24, 2.45) is 0 Å². The van der Waals surface area contributed by atoms with Gasteiger partial charge in [-0.1, -0.05) is 48.5 Å². The fourth-order valence-corrected chi connectivity index (χ4v) is 4.75. The van der Waals surface area contributed by atoms with Crippen molar-refractivity contribution < 1.29 is 9.53 Å². The first-order valence-corrected chi connectivity index (χ1v) is 12.5. The largest absolute Gasteiger partial charge is 0.492 e. The van der Waals surface area contributed by atoms with Gasteiger partial charge in [0, 0.05) is 37.7 Å². The van der Waals surface area contributed by atoms with Crippen LogP contribution in [0, 0.1) is 0 Å². The number of hydrogen-bond acceptors (Lipinski definition) is 6. The normalized spacial score (nSPS) is 14.4. The van der Waals surface area contributed by atoms with Gasteiger partial charge in [0.2, 0.25) is 5.91 Å². The van der Waals surface area contributed by atoms with Gasteiger partial charge in [-0.3, -0.25) is 14.3 Å². The molecule has 1 aliphatic rings. The molecule has 4 rings (SSSR count). The van der Waals surface area contributed by atoms with Crippen molar-refractivity contribution in [2.45, 2.75) is 18.5 Å². The third-order valence-electron chi connectivity index (χ3n) is 5.69. The van der Waals surface area contributed by atoms with E-state index in [1.165, 1.54) is 17.3 Å². The third-order valence-corrected chi connectivity index (χ3v) is 6.87. The Balaban J connectivity index is 1.22. The van der Waals surface area contributed by atoms with Crippen molar-refractivity contribution in [3.05, 3.63) is 65.4 Å². The van der Waals surface area contributed by atoms with Gasteiger partial charge in [-0.15, -0.1) is 10.2 Å². The maximum atomic E-state index is 12.8. The number of carbonyl (C=O) groups is 1. The summed E-state index contributed by atoms with van der Waals surface area (Å²) >= 11 is 7.34. The fraction of sp³-hybridized carbons (Fsp3) is 0.375. The molecule has 2 aromatic carbocycles. The standard InChI is InChI=1S/C24H28ClN5O2S/c1-2-19-5-3-4-6-22(19)30-18-26-27-24(30)33-17-23(31)29-13-11-28(12-14-29)15-16-32-21-9-7-20(25)8-10-21/h3-10,18H,2,11-17H2,1H3. The van der Waals surface area contributed by atoms with Crippen LogP contribution in [0.15, 0.2) is 60.0 Å². The molecule has 1 saturated heterocycles. The Morgan fingerprint density at radius 2 is 1.85 bits per heavy atom. The summed E-state index contributed by atoms with van der Waals surface area (Å²) in [7, 11) is 0. The van der Waals surface area contributed by atoms with Crippen LogP contribution in [-0.4, -0.2) is 75.6 Å². The SMILES string of the molecule is CCc1ccccc1-n1cnnc1SCC(=O)N1CCN(CCOc2ccc(Cl)cc2)CC1. The van der Waals surface area contributed by atoms with E-state index in [4.69, 9.17) is 16.3 Å². The second-order valence-corrected chi connectivity index (χ2v) is 9.16. The van der Waals surface area contributed by atoms with E-state index in [1.54, 1.807) is 6.33 Å². The predicted molar refractivity (Wildman–Crippen MR) is 131 cm³/mol. The number of amides is 1. The average molecular weight is 486 g/mol. The van der Waals surface area contributed by atoms with E-state index < -0.39 is 0 Å². The average Bonchev–Trinajstić information content (AvgIpc) is 3.32. The lowest BCUT2D eigenvalue weighted by atomic mass is 10.1. The zero-order valence-electron chi connectivity index (χ0n) is 18.7. The summed E-state index contributed by atoms with van der Waals surface area (Å²) in [6.07, 6.45) is 2.64. The Morgan fingerprint density at radius 1 is 1.09 bits per heavy atom. The van der Waals surface area contributed by atoms with Crippen molar-refractivity contribution in [1.82, 2.24) is 24.6 Å². The first kappa shape index (κ1) is 23.6. The maximum absolute atomic E-state index is 12.8. The molecule has 2 heterocycles. The molecule has 0 bridgehead atoms. The second kappa shape index (κ2) is 11.5. The number of ether oxygens (including phenoxy) is 1. The van der Waals surface area contributed by atoms with Crippen molar-refractivity contribution in [3.63, 3.8) is 0 Å². The number of para-hydroxylation sites is 1. The van der Waals surface area contributed by atoms with Crippen LogP contribution < -0.4 is 4.74 Å². The molecule has 0 spiro atoms. The molecule has 0 radical (unpaired) electrons. The lowest BCUT2D eigenvalue weighted by molar-refractivity contribution is -0.130. The Bertz CT molecular complexity index is 1050. The van der Waals surface area contributed by atoms with Crippen molar-refractivity contribution >= 4 is 29.3 Å². The minimum atomic E-state index is 0.135. The summed E-state index contributed by atoms with van der Waals surface area (Å²) in [5, 5.41) is 9.75. The Kier molecular flexibility index (Phi) is 8.25. The van der Waals surface area contributed by atoms with Crippen molar-refractivity contribution in [2.75, 3.05) is 45.1 Å². The number of carbonyl (C=O) groups excluding carboxylic acids is 1. The molecule has 0 N–H and O–H groups in total. The van der Waals surface area contributed by atoms with Gasteiger partial charge in [-0.05, 0) is 42.3 Å². The highest BCUT2D eigenvalue weighted by molar-refractivity contribution is 7.99. The minimum Gasteiger partial charge on any atom is -0.492 e. The molecule has 1 fully saturated rings. The van der Waals surface area contributed by atoms with Crippen LogP contribution in [0.5, 0.6) is 5.75 Å². The number of benzene rings is 2. The first-order chi connectivity index (χ1) is 16.1. The molecule has 0 aliphatic carbocycles. The maximum Gasteiger partial charge on any atom is 0.233 e. The Morgan fingerprint density at radius 3 is 2.61 bits per heavy atom. The van der Waals surface area contributed by atoms with E-state index in [-0.39, 0.29) is 5.91 Å². The molecule has 1 amide bonds. The lowest BCUT2D eigenvalue weighted by Crippen LogP contribution is -2.50. The van der Waals surface area contributed by atoms with Gasteiger partial charge in [0.05, 0.1) is 11.4 Å². The number of rotatable bonds is 9. The molecular formula is C24H28ClN5O2S. The number of aromatic nitrogens is 3. The summed E-state index contributed by atoms with van der Waals surface area (Å²) < 4.78 is 7.75. The second-order valence-electron chi connectivity index (χ2n) is 7.78. The summed E-state index contributed by atoms with van der Waals surface area (Å²) in [5.41, 5.74) is 2.29. The number of halogens is 1. The molecule has 33 heavy (non-hydrogen) atoms. The third kappa shape index (κ3) is 6.28. The molecule has 0 unspecified atom stereocenters. The Hall–Kier alpha value is -2.55. The van der Waals surface area contributed by atoms with Crippen LogP contribution in [0.3, 0.4) is 0 Å². The molecule has 0 atom stereocenters. The Labute approximate surface area is 203 Å². The van der Waals surface area contributed by atoms with Crippen molar-refractivity contribution in [3.8, 4) is 11.4 Å². The molecule has 0 saturated carbocycles. The first-order valence-electron chi connectivity index (χ1n) is 11.1. The highest BCUT2D eigenvalue weighted by atomic mass is 35.5. The summed E-state index contributed by atoms with van der Waals surface area (Å²) in [6.45, 7) is 6.72. The fourth-order valence-electron chi connectivity index (χ4n) is 3.79. The number of nitrogens with zero attached hydrogens (tertiary/aromatic N) is 5. The minimum absolute atomic E-state index is 0.135. The van der Waals surface area contributed by atoms with Gasteiger partial charge < -0.3 is 9.64 Å². The van der Waals surface area contributed by atoms with Gasteiger partial charge in [0.15, 0.2) is 5.16 Å². The molecule has 1 aromatic heterocycles. The van der Waals surface area contributed by atoms with E-state index in [9.17, 15) is 4.79 Å². The highest BCUT2D eigenvalue weighted by Gasteiger charge is 2.22. The van der Waals surface area contributed by atoms with Crippen LogP contribution in [0.2, 0.25) is 5.02 Å². The van der Waals surface area contributed by atoms with E-state index in [0.717, 1.165) is 55.7 Å². The van der Waals surface area contributed by atoms with Crippen LogP contribution in [0.25, 0.3) is 5.69 Å². The van der Waals surface area contributed by atoms with Crippen LogP contribution in [0.1, 0.15) is 12.5 Å². The van der Waals surface area contributed by atoms with Crippen LogP contribution in [0.4, 0.5) is 0 Å². The number of piperazine rings is 1. The monoisotopic (exact) mass is 485 g/mol. The molecule has 7 nitrogen and oxygen atoms in total. The number of thioether (sulfide) groups is 1. The predicted octanol–water partition coefficient (Wildman–Crippen LogP) is 3.80. The van der Waals surface area contributed by atoms with E-state index in [2.05, 4.69) is 34.2 Å². The van der Waals surface area contributed by atoms with Gasteiger partial charge in [0.1, 0.15) is 18.7 Å². The highest BCUT2D eigenvalue weighted by Crippen LogP contribution is 2.23.